The van der Waals surface area contributed by atoms with Gasteiger partial charge < -0.3 is 5.32 Å². The molecule has 0 saturated heterocycles. The van der Waals surface area contributed by atoms with Crippen LogP contribution in [0, 0.1) is 10.5 Å². The predicted molar refractivity (Wildman–Crippen MR) is 98.1 cm³/mol. The second kappa shape index (κ2) is 6.12. The lowest BCUT2D eigenvalue weighted by atomic mass is 10.0. The molecule has 7 heteroatoms. The van der Waals surface area contributed by atoms with Crippen molar-refractivity contribution in [2.24, 2.45) is 0 Å². The van der Waals surface area contributed by atoms with Crippen LogP contribution in [0.15, 0.2) is 41.3 Å². The maximum atomic E-state index is 12.5. The highest BCUT2D eigenvalue weighted by Gasteiger charge is 2.20. The van der Waals surface area contributed by atoms with Crippen molar-refractivity contribution < 1.29 is 13.2 Å². The Morgan fingerprint density at radius 1 is 1.13 bits per heavy atom. The number of carbonyl (C=O) groups excluding carboxylic acids is 1. The van der Waals surface area contributed by atoms with Crippen LogP contribution < -0.4 is 10.0 Å². The Morgan fingerprint density at radius 2 is 1.91 bits per heavy atom. The van der Waals surface area contributed by atoms with Crippen molar-refractivity contribution >= 4 is 49.9 Å². The third-order valence-electron chi connectivity index (χ3n) is 3.71. The van der Waals surface area contributed by atoms with Crippen molar-refractivity contribution in [2.45, 2.75) is 24.7 Å². The van der Waals surface area contributed by atoms with E-state index in [1.807, 2.05) is 13.0 Å². The minimum Gasteiger partial charge on any atom is -0.326 e. The lowest BCUT2D eigenvalue weighted by Crippen LogP contribution is -2.20. The molecule has 0 saturated carbocycles. The lowest BCUT2D eigenvalue weighted by Gasteiger charge is -2.18. The molecule has 0 aromatic heterocycles. The summed E-state index contributed by atoms with van der Waals surface area (Å²) in [6.45, 7) is 1.97. The number of anilines is 2. The average Bonchev–Trinajstić information content (AvgIpc) is 2.50. The van der Waals surface area contributed by atoms with Gasteiger partial charge in [-0.2, -0.15) is 0 Å². The second-order valence-electron chi connectivity index (χ2n) is 5.44. The number of rotatable bonds is 3. The van der Waals surface area contributed by atoms with Gasteiger partial charge in [-0.1, -0.05) is 6.07 Å². The minimum absolute atomic E-state index is 0.0412. The third-order valence-corrected chi connectivity index (χ3v) is 6.25. The fraction of sp³-hybridized carbons (Fsp3) is 0.188. The summed E-state index contributed by atoms with van der Waals surface area (Å²) in [5.74, 6) is -0.0412. The van der Waals surface area contributed by atoms with Crippen molar-refractivity contribution in [1.29, 1.82) is 0 Å². The van der Waals surface area contributed by atoms with Gasteiger partial charge in [0.15, 0.2) is 0 Å². The highest BCUT2D eigenvalue weighted by Crippen LogP contribution is 2.27. The molecule has 2 N–H and O–H groups in total. The van der Waals surface area contributed by atoms with Crippen LogP contribution in [-0.2, 0) is 21.2 Å². The number of nitrogens with one attached hydrogen (secondary N) is 2. The first-order valence-electron chi connectivity index (χ1n) is 7.07. The Labute approximate surface area is 148 Å². The molecule has 0 spiro atoms. The Hall–Kier alpha value is -1.61. The predicted octanol–water partition coefficient (Wildman–Crippen LogP) is 3.29. The van der Waals surface area contributed by atoms with Gasteiger partial charge in [-0.3, -0.25) is 9.52 Å². The summed E-state index contributed by atoms with van der Waals surface area (Å²) >= 11 is 2.17. The Balaban J connectivity index is 1.90. The molecule has 23 heavy (non-hydrogen) atoms. The number of aryl methyl sites for hydroxylation is 2. The number of halogens is 1. The van der Waals surface area contributed by atoms with Gasteiger partial charge in [0.05, 0.1) is 4.90 Å². The van der Waals surface area contributed by atoms with E-state index in [1.54, 1.807) is 24.3 Å². The fourth-order valence-electron chi connectivity index (χ4n) is 2.40. The summed E-state index contributed by atoms with van der Waals surface area (Å²) in [5.41, 5.74) is 3.15. The molecule has 5 nitrogen and oxygen atoms in total. The SMILES string of the molecule is Cc1ccc(NS(=O)(=O)c2ccc3c(c2)CCC(=O)N3)cc1I. The number of sulfonamides is 1. The van der Waals surface area contributed by atoms with Gasteiger partial charge in [0, 0.05) is 21.4 Å². The third kappa shape index (κ3) is 3.50. The van der Waals surface area contributed by atoms with Crippen molar-refractivity contribution in [3.05, 3.63) is 51.1 Å². The second-order valence-corrected chi connectivity index (χ2v) is 8.28. The quantitative estimate of drug-likeness (QED) is 0.717. The smallest absolute Gasteiger partial charge is 0.261 e. The van der Waals surface area contributed by atoms with E-state index >= 15 is 0 Å². The van der Waals surface area contributed by atoms with Crippen LogP contribution in [0.25, 0.3) is 0 Å². The largest absolute Gasteiger partial charge is 0.326 e. The van der Waals surface area contributed by atoms with Gasteiger partial charge in [0.2, 0.25) is 5.91 Å². The van der Waals surface area contributed by atoms with Crippen molar-refractivity contribution in [3.8, 4) is 0 Å². The molecule has 0 atom stereocenters. The van der Waals surface area contributed by atoms with Crippen LogP contribution in [0.3, 0.4) is 0 Å². The fourth-order valence-corrected chi connectivity index (χ4v) is 4.01. The van der Waals surface area contributed by atoms with Crippen molar-refractivity contribution in [1.82, 2.24) is 0 Å². The first-order valence-corrected chi connectivity index (χ1v) is 9.63. The summed E-state index contributed by atoms with van der Waals surface area (Å²) in [5, 5.41) is 2.75. The number of carbonyl (C=O) groups is 1. The van der Waals surface area contributed by atoms with E-state index in [0.29, 0.717) is 24.2 Å². The highest BCUT2D eigenvalue weighted by molar-refractivity contribution is 14.1. The first kappa shape index (κ1) is 16.3. The van der Waals surface area contributed by atoms with Gasteiger partial charge in [0.1, 0.15) is 0 Å². The van der Waals surface area contributed by atoms with E-state index < -0.39 is 10.0 Å². The van der Waals surface area contributed by atoms with Crippen molar-refractivity contribution in [2.75, 3.05) is 10.0 Å². The lowest BCUT2D eigenvalue weighted by molar-refractivity contribution is -0.116. The van der Waals surface area contributed by atoms with Gasteiger partial charge in [-0.25, -0.2) is 8.42 Å². The molecule has 2 aromatic carbocycles. The van der Waals surface area contributed by atoms with Crippen LogP contribution in [0.5, 0.6) is 0 Å². The molecule has 1 amide bonds. The molecule has 0 fully saturated rings. The highest BCUT2D eigenvalue weighted by atomic mass is 127. The summed E-state index contributed by atoms with van der Waals surface area (Å²) in [4.78, 5) is 11.6. The van der Waals surface area contributed by atoms with Gasteiger partial charge in [-0.05, 0) is 77.4 Å². The summed E-state index contributed by atoms with van der Waals surface area (Å²) in [7, 11) is -3.66. The van der Waals surface area contributed by atoms with Gasteiger partial charge in [-0.15, -0.1) is 0 Å². The molecule has 0 radical (unpaired) electrons. The van der Waals surface area contributed by atoms with E-state index in [0.717, 1.165) is 14.7 Å². The molecule has 0 bridgehead atoms. The van der Waals surface area contributed by atoms with E-state index in [1.165, 1.54) is 6.07 Å². The summed E-state index contributed by atoms with van der Waals surface area (Å²) in [6, 6.07) is 10.2. The molecule has 1 aliphatic heterocycles. The molecule has 3 rings (SSSR count). The molecular weight excluding hydrogens is 427 g/mol. The normalized spacial score (nSPS) is 14.1. The monoisotopic (exact) mass is 442 g/mol. The number of fused-ring (bicyclic) bond motifs is 1. The van der Waals surface area contributed by atoms with E-state index in [2.05, 4.69) is 32.6 Å². The molecule has 120 valence electrons. The van der Waals surface area contributed by atoms with Crippen LogP contribution in [0.1, 0.15) is 17.5 Å². The number of benzene rings is 2. The zero-order valence-electron chi connectivity index (χ0n) is 12.4. The van der Waals surface area contributed by atoms with Crippen LogP contribution >= 0.6 is 22.6 Å². The number of amides is 1. The van der Waals surface area contributed by atoms with E-state index in [9.17, 15) is 13.2 Å². The first-order chi connectivity index (χ1) is 10.8. The summed E-state index contributed by atoms with van der Waals surface area (Å²) in [6.07, 6.45) is 0.924. The standard InChI is InChI=1S/C16H15IN2O3S/c1-10-2-4-12(9-14(10)17)19-23(21,22)13-5-6-15-11(8-13)3-7-16(20)18-15/h2,4-6,8-9,19H,3,7H2,1H3,(H,18,20). The zero-order valence-corrected chi connectivity index (χ0v) is 15.4. The van der Waals surface area contributed by atoms with Crippen LogP contribution in [-0.4, -0.2) is 14.3 Å². The number of hydrogen-bond donors (Lipinski definition) is 2. The average molecular weight is 442 g/mol. The zero-order chi connectivity index (χ0) is 16.6. The van der Waals surface area contributed by atoms with E-state index in [4.69, 9.17) is 0 Å². The molecule has 2 aromatic rings. The molecule has 0 unspecified atom stereocenters. The van der Waals surface area contributed by atoms with Crippen LogP contribution in [0.4, 0.5) is 11.4 Å². The maximum absolute atomic E-state index is 12.5. The van der Waals surface area contributed by atoms with Gasteiger partial charge in [0.25, 0.3) is 10.0 Å². The Kier molecular flexibility index (Phi) is 4.33. The molecule has 1 aliphatic rings. The maximum Gasteiger partial charge on any atom is 0.261 e. The van der Waals surface area contributed by atoms with Crippen LogP contribution in [0.2, 0.25) is 0 Å². The molecule has 1 heterocycles. The summed E-state index contributed by atoms with van der Waals surface area (Å²) < 4.78 is 28.7. The van der Waals surface area contributed by atoms with Gasteiger partial charge >= 0.3 is 0 Å². The van der Waals surface area contributed by atoms with E-state index in [-0.39, 0.29) is 10.8 Å². The molecule has 0 aliphatic carbocycles. The Bertz CT molecular complexity index is 894. The topological polar surface area (TPSA) is 75.3 Å². The Morgan fingerprint density at radius 3 is 2.65 bits per heavy atom. The van der Waals surface area contributed by atoms with Crippen molar-refractivity contribution in [3.63, 3.8) is 0 Å². The minimum atomic E-state index is -3.66. The number of hydrogen-bond acceptors (Lipinski definition) is 3. The molecular formula is C16H15IN2O3S.